The number of benzene rings is 2. The van der Waals surface area contributed by atoms with Gasteiger partial charge < -0.3 is 24.4 Å². The Labute approximate surface area is 151 Å². The van der Waals surface area contributed by atoms with Crippen molar-refractivity contribution in [2.24, 2.45) is 0 Å². The van der Waals surface area contributed by atoms with E-state index in [1.54, 1.807) is 24.3 Å². The second-order valence-corrected chi connectivity index (χ2v) is 7.42. The third-order valence-electron chi connectivity index (χ3n) is 5.83. The summed E-state index contributed by atoms with van der Waals surface area (Å²) < 4.78 is 18.8. The summed E-state index contributed by atoms with van der Waals surface area (Å²) in [6.07, 6.45) is -1.08. The van der Waals surface area contributed by atoms with E-state index in [9.17, 15) is 10.2 Å². The lowest BCUT2D eigenvalue weighted by Crippen LogP contribution is -2.40. The van der Waals surface area contributed by atoms with Crippen molar-refractivity contribution in [1.29, 1.82) is 0 Å². The summed E-state index contributed by atoms with van der Waals surface area (Å²) in [6, 6.07) is 14.3. The van der Waals surface area contributed by atoms with Gasteiger partial charge in [-0.25, -0.2) is 4.90 Å². The molecule has 0 aromatic heterocycles. The molecule has 136 valence electrons. The standard InChI is InChI=1S/C20H21NO5/c1-19(12-7-3-5-9-14(12)22)17-21-16(11-24-17)25-20(2,18(21)26-19)13-8-4-6-10-15(13)23/h3-10,16-18,22-23H,11H2,1-2H3/t16-,17-,18-,19-,20+/m0/s1. The molecule has 0 spiro atoms. The molecule has 0 radical (unpaired) electrons. The summed E-state index contributed by atoms with van der Waals surface area (Å²) in [6.45, 7) is 4.27. The smallest absolute Gasteiger partial charge is 0.149 e. The molecule has 5 atom stereocenters. The number of hydrogen-bond donors (Lipinski definition) is 2. The molecule has 3 fully saturated rings. The van der Waals surface area contributed by atoms with Gasteiger partial charge in [0.1, 0.15) is 41.4 Å². The van der Waals surface area contributed by atoms with Gasteiger partial charge >= 0.3 is 0 Å². The molecule has 3 aliphatic rings. The summed E-state index contributed by atoms with van der Waals surface area (Å²) in [7, 11) is 0. The SMILES string of the molecule is C[C@@]1(c2ccccc2O)O[C@@H]2N3[C@H](CO[C@H]31)O[C@]2(C)c1ccccc1O. The van der Waals surface area contributed by atoms with E-state index >= 15 is 0 Å². The molecule has 0 unspecified atom stereocenters. The fourth-order valence-corrected chi connectivity index (χ4v) is 4.58. The summed E-state index contributed by atoms with van der Waals surface area (Å²) in [5.41, 5.74) is -0.334. The Morgan fingerprint density at radius 2 is 1.38 bits per heavy atom. The van der Waals surface area contributed by atoms with E-state index in [0.29, 0.717) is 17.7 Å². The van der Waals surface area contributed by atoms with Crippen LogP contribution < -0.4 is 0 Å². The molecule has 2 N–H and O–H groups in total. The van der Waals surface area contributed by atoms with E-state index < -0.39 is 17.4 Å². The largest absolute Gasteiger partial charge is 0.508 e. The summed E-state index contributed by atoms with van der Waals surface area (Å²) >= 11 is 0. The molecule has 3 saturated heterocycles. The third kappa shape index (κ3) is 1.90. The molecule has 0 saturated carbocycles. The predicted octanol–water partition coefficient (Wildman–Crippen LogP) is 2.60. The second kappa shape index (κ2) is 5.20. The average molecular weight is 355 g/mol. The van der Waals surface area contributed by atoms with Crippen molar-refractivity contribution >= 4 is 0 Å². The number of aromatic hydroxyl groups is 2. The van der Waals surface area contributed by atoms with Gasteiger partial charge in [-0.05, 0) is 26.0 Å². The van der Waals surface area contributed by atoms with Gasteiger partial charge in [0, 0.05) is 11.1 Å². The van der Waals surface area contributed by atoms with Gasteiger partial charge in [0.2, 0.25) is 0 Å². The molecule has 26 heavy (non-hydrogen) atoms. The molecule has 6 nitrogen and oxygen atoms in total. The van der Waals surface area contributed by atoms with E-state index in [-0.39, 0.29) is 24.0 Å². The number of rotatable bonds is 2. The van der Waals surface area contributed by atoms with Crippen LogP contribution in [0, 0.1) is 0 Å². The lowest BCUT2D eigenvalue weighted by Gasteiger charge is -2.33. The van der Waals surface area contributed by atoms with Crippen LogP contribution in [0.2, 0.25) is 0 Å². The number of hydrogen-bond acceptors (Lipinski definition) is 6. The Morgan fingerprint density at radius 3 is 1.96 bits per heavy atom. The van der Waals surface area contributed by atoms with Crippen LogP contribution in [-0.4, -0.2) is 40.4 Å². The number of ether oxygens (including phenoxy) is 3. The Morgan fingerprint density at radius 1 is 0.846 bits per heavy atom. The zero-order valence-electron chi connectivity index (χ0n) is 14.6. The van der Waals surface area contributed by atoms with Gasteiger partial charge in [0.25, 0.3) is 0 Å². The summed E-state index contributed by atoms with van der Waals surface area (Å²) in [5, 5.41) is 20.8. The van der Waals surface area contributed by atoms with Crippen LogP contribution in [0.4, 0.5) is 0 Å². The van der Waals surface area contributed by atoms with Gasteiger partial charge in [-0.3, -0.25) is 0 Å². The normalized spacial score (nSPS) is 38.6. The first-order valence-corrected chi connectivity index (χ1v) is 8.77. The van der Waals surface area contributed by atoms with Crippen molar-refractivity contribution in [3.05, 3.63) is 59.7 Å². The number of phenolic OH excluding ortho intramolecular Hbond substituents is 2. The van der Waals surface area contributed by atoms with Gasteiger partial charge in [-0.1, -0.05) is 36.4 Å². The average Bonchev–Trinajstić information content (AvgIpc) is 3.24. The Bertz CT molecular complexity index is 827. The predicted molar refractivity (Wildman–Crippen MR) is 92.2 cm³/mol. The highest BCUT2D eigenvalue weighted by Crippen LogP contribution is 2.57. The minimum atomic E-state index is -0.847. The molecule has 2 aromatic carbocycles. The van der Waals surface area contributed by atoms with Crippen molar-refractivity contribution in [2.75, 3.05) is 6.61 Å². The van der Waals surface area contributed by atoms with Gasteiger partial charge in [-0.15, -0.1) is 0 Å². The van der Waals surface area contributed by atoms with Crippen LogP contribution in [-0.2, 0) is 25.4 Å². The van der Waals surface area contributed by atoms with E-state index in [1.807, 2.05) is 38.1 Å². The van der Waals surface area contributed by atoms with E-state index in [2.05, 4.69) is 4.90 Å². The van der Waals surface area contributed by atoms with Crippen LogP contribution >= 0.6 is 0 Å². The minimum Gasteiger partial charge on any atom is -0.508 e. The first-order valence-electron chi connectivity index (χ1n) is 8.77. The molecule has 2 aromatic rings. The monoisotopic (exact) mass is 355 g/mol. The highest BCUT2D eigenvalue weighted by molar-refractivity contribution is 5.41. The third-order valence-corrected chi connectivity index (χ3v) is 5.83. The molecule has 5 rings (SSSR count). The number of nitrogens with zero attached hydrogens (tertiary/aromatic N) is 1. The summed E-state index contributed by atoms with van der Waals surface area (Å²) in [4.78, 5) is 2.07. The fraction of sp³-hybridized carbons (Fsp3) is 0.400. The number of para-hydroxylation sites is 2. The zero-order chi connectivity index (χ0) is 18.1. The lowest BCUT2D eigenvalue weighted by molar-refractivity contribution is -0.139. The maximum Gasteiger partial charge on any atom is 0.149 e. The molecule has 0 amide bonds. The Kier molecular flexibility index (Phi) is 3.22. The lowest BCUT2D eigenvalue weighted by atomic mass is 9.93. The van der Waals surface area contributed by atoms with Crippen LogP contribution in [0.3, 0.4) is 0 Å². The van der Waals surface area contributed by atoms with Crippen molar-refractivity contribution in [2.45, 2.75) is 43.7 Å². The second-order valence-electron chi connectivity index (χ2n) is 7.42. The molecular formula is C20H21NO5. The Balaban J connectivity index is 1.62. The molecule has 3 aliphatic heterocycles. The van der Waals surface area contributed by atoms with Gasteiger partial charge in [0.05, 0.1) is 6.61 Å². The highest BCUT2D eigenvalue weighted by Gasteiger charge is 2.68. The summed E-state index contributed by atoms with van der Waals surface area (Å²) in [5.74, 6) is 0.349. The van der Waals surface area contributed by atoms with Crippen molar-refractivity contribution < 1.29 is 24.4 Å². The fourth-order valence-electron chi connectivity index (χ4n) is 4.58. The van der Waals surface area contributed by atoms with Crippen LogP contribution in [0.15, 0.2) is 48.5 Å². The maximum atomic E-state index is 10.4. The van der Waals surface area contributed by atoms with Crippen LogP contribution in [0.25, 0.3) is 0 Å². The minimum absolute atomic E-state index is 0.174. The molecule has 0 bridgehead atoms. The van der Waals surface area contributed by atoms with E-state index in [4.69, 9.17) is 14.2 Å². The van der Waals surface area contributed by atoms with E-state index in [0.717, 1.165) is 0 Å². The topological polar surface area (TPSA) is 71.4 Å². The highest BCUT2D eigenvalue weighted by atomic mass is 16.7. The Hall–Kier alpha value is -2.12. The molecular weight excluding hydrogens is 334 g/mol. The molecule has 6 heteroatoms. The van der Waals surface area contributed by atoms with Crippen molar-refractivity contribution in [3.63, 3.8) is 0 Å². The van der Waals surface area contributed by atoms with Crippen LogP contribution in [0.5, 0.6) is 11.5 Å². The first kappa shape index (κ1) is 16.1. The van der Waals surface area contributed by atoms with E-state index in [1.165, 1.54) is 0 Å². The zero-order valence-corrected chi connectivity index (χ0v) is 14.6. The van der Waals surface area contributed by atoms with Crippen molar-refractivity contribution in [1.82, 2.24) is 4.90 Å². The maximum absolute atomic E-state index is 10.4. The van der Waals surface area contributed by atoms with Gasteiger partial charge in [0.15, 0.2) is 0 Å². The van der Waals surface area contributed by atoms with Gasteiger partial charge in [-0.2, -0.15) is 0 Å². The van der Waals surface area contributed by atoms with Crippen molar-refractivity contribution in [3.8, 4) is 11.5 Å². The molecule has 0 aliphatic carbocycles. The van der Waals surface area contributed by atoms with Crippen LogP contribution in [0.1, 0.15) is 25.0 Å². The first-order chi connectivity index (χ1) is 12.4. The molecule has 3 heterocycles. The number of phenols is 2. The quantitative estimate of drug-likeness (QED) is 0.863.